The molecular weight excluding hydrogens is 356 g/mol. The number of hydrogen-bond donors (Lipinski definition) is 2. The largest absolute Gasteiger partial charge is 0.375 e. The normalized spacial score (nSPS) is 14.7. The molecule has 1 fully saturated rings. The Kier molecular flexibility index (Phi) is 5.62. The van der Waals surface area contributed by atoms with Crippen molar-refractivity contribution in [2.24, 2.45) is 10.8 Å². The molecule has 3 N–H and O–H groups in total. The Hall–Kier alpha value is -2.74. The highest BCUT2D eigenvalue weighted by molar-refractivity contribution is 7.80. The van der Waals surface area contributed by atoms with Gasteiger partial charge in [0.05, 0.1) is 11.9 Å². The molecule has 1 aliphatic heterocycles. The maximum Gasteiger partial charge on any atom is 0.184 e. The Morgan fingerprint density at radius 3 is 2.46 bits per heavy atom. The number of halogens is 2. The molecule has 0 atom stereocenters. The second-order valence-corrected chi connectivity index (χ2v) is 6.34. The Labute approximate surface area is 156 Å². The van der Waals surface area contributed by atoms with Crippen molar-refractivity contribution in [1.29, 1.82) is 0 Å². The topological polar surface area (TPSA) is 56.9 Å². The lowest BCUT2D eigenvalue weighted by Crippen LogP contribution is -2.46. The fourth-order valence-corrected chi connectivity index (χ4v) is 2.96. The molecule has 136 valence electrons. The molecule has 26 heavy (non-hydrogen) atoms. The summed E-state index contributed by atoms with van der Waals surface area (Å²) in [6.45, 7) is 2.71. The number of thiocarbonyl (C=S) groups is 1. The van der Waals surface area contributed by atoms with Crippen molar-refractivity contribution in [3.05, 3.63) is 59.7 Å². The second-order valence-electron chi connectivity index (χ2n) is 5.90. The third-order valence-electron chi connectivity index (χ3n) is 4.15. The van der Waals surface area contributed by atoms with Gasteiger partial charge in [-0.2, -0.15) is 5.10 Å². The van der Waals surface area contributed by atoms with E-state index in [1.54, 1.807) is 18.2 Å². The SMILES string of the molecule is NC(=S)N/N=C/c1ccc(N2CCN(c3cccc(F)c3)CC2)c(F)c1. The van der Waals surface area contributed by atoms with Gasteiger partial charge < -0.3 is 15.5 Å². The zero-order valence-electron chi connectivity index (χ0n) is 14.0. The van der Waals surface area contributed by atoms with Crippen LogP contribution in [0, 0.1) is 11.6 Å². The molecule has 1 aliphatic rings. The van der Waals surface area contributed by atoms with Gasteiger partial charge in [-0.05, 0) is 48.1 Å². The van der Waals surface area contributed by atoms with Gasteiger partial charge in [0, 0.05) is 31.9 Å². The van der Waals surface area contributed by atoms with Crippen molar-refractivity contribution < 1.29 is 8.78 Å². The Morgan fingerprint density at radius 2 is 1.81 bits per heavy atom. The highest BCUT2D eigenvalue weighted by Crippen LogP contribution is 2.24. The van der Waals surface area contributed by atoms with E-state index in [1.165, 1.54) is 24.4 Å². The number of hydrazone groups is 1. The fraction of sp³-hybridized carbons (Fsp3) is 0.222. The van der Waals surface area contributed by atoms with E-state index in [0.717, 1.165) is 5.69 Å². The van der Waals surface area contributed by atoms with Crippen molar-refractivity contribution in [2.45, 2.75) is 0 Å². The maximum absolute atomic E-state index is 14.5. The summed E-state index contributed by atoms with van der Waals surface area (Å²) in [6.07, 6.45) is 1.45. The third kappa shape index (κ3) is 4.45. The van der Waals surface area contributed by atoms with E-state index in [2.05, 4.69) is 27.6 Å². The molecule has 1 heterocycles. The molecule has 2 aromatic carbocycles. The van der Waals surface area contributed by atoms with E-state index < -0.39 is 0 Å². The molecule has 5 nitrogen and oxygen atoms in total. The van der Waals surface area contributed by atoms with Gasteiger partial charge in [0.15, 0.2) is 5.11 Å². The van der Waals surface area contributed by atoms with Gasteiger partial charge in [-0.25, -0.2) is 8.78 Å². The summed E-state index contributed by atoms with van der Waals surface area (Å²) in [7, 11) is 0. The number of nitrogens with two attached hydrogens (primary N) is 1. The van der Waals surface area contributed by atoms with Crippen LogP contribution >= 0.6 is 12.2 Å². The summed E-state index contributed by atoms with van der Waals surface area (Å²) in [5.74, 6) is -0.568. The first-order valence-corrected chi connectivity index (χ1v) is 8.57. The smallest absolute Gasteiger partial charge is 0.184 e. The molecule has 0 spiro atoms. The van der Waals surface area contributed by atoms with Crippen LogP contribution in [0.4, 0.5) is 20.2 Å². The molecular formula is C18H19F2N5S. The maximum atomic E-state index is 14.5. The van der Waals surface area contributed by atoms with E-state index in [4.69, 9.17) is 5.73 Å². The number of benzene rings is 2. The van der Waals surface area contributed by atoms with Crippen LogP contribution in [-0.4, -0.2) is 37.5 Å². The van der Waals surface area contributed by atoms with Crippen molar-refractivity contribution in [2.75, 3.05) is 36.0 Å². The molecule has 0 radical (unpaired) electrons. The first-order chi connectivity index (χ1) is 12.5. The van der Waals surface area contributed by atoms with Crippen LogP contribution in [-0.2, 0) is 0 Å². The van der Waals surface area contributed by atoms with Crippen molar-refractivity contribution in [1.82, 2.24) is 5.43 Å². The monoisotopic (exact) mass is 375 g/mol. The lowest BCUT2D eigenvalue weighted by atomic mass is 10.1. The van der Waals surface area contributed by atoms with Crippen LogP contribution in [0.25, 0.3) is 0 Å². The average Bonchev–Trinajstić information content (AvgIpc) is 2.62. The Balaban J connectivity index is 1.64. The molecule has 0 unspecified atom stereocenters. The van der Waals surface area contributed by atoms with E-state index in [-0.39, 0.29) is 16.7 Å². The molecule has 1 saturated heterocycles. The minimum atomic E-state index is -0.316. The first-order valence-electron chi connectivity index (χ1n) is 8.16. The van der Waals surface area contributed by atoms with Crippen LogP contribution in [0.2, 0.25) is 0 Å². The highest BCUT2D eigenvalue weighted by atomic mass is 32.1. The summed E-state index contributed by atoms with van der Waals surface area (Å²) in [4.78, 5) is 4.08. The minimum absolute atomic E-state index is 0.0505. The summed E-state index contributed by atoms with van der Waals surface area (Å²) < 4.78 is 27.8. The third-order valence-corrected chi connectivity index (χ3v) is 4.25. The number of rotatable bonds is 4. The predicted molar refractivity (Wildman–Crippen MR) is 105 cm³/mol. The van der Waals surface area contributed by atoms with Gasteiger partial charge >= 0.3 is 0 Å². The van der Waals surface area contributed by atoms with Crippen LogP contribution in [0.1, 0.15) is 5.56 Å². The quantitative estimate of drug-likeness (QED) is 0.488. The standard InChI is InChI=1S/C18H19F2N5S/c19-14-2-1-3-15(11-14)24-6-8-25(9-7-24)17-5-4-13(10-16(17)20)12-22-23-18(21)26/h1-5,10-12H,6-9H2,(H3,21,23,26)/b22-12+. The Morgan fingerprint density at radius 1 is 1.08 bits per heavy atom. The zero-order valence-corrected chi connectivity index (χ0v) is 14.8. The van der Waals surface area contributed by atoms with Gasteiger partial charge in [0.1, 0.15) is 11.6 Å². The molecule has 8 heteroatoms. The summed E-state index contributed by atoms with van der Waals surface area (Å²) in [6, 6.07) is 11.5. The molecule has 0 aliphatic carbocycles. The van der Waals surface area contributed by atoms with E-state index >= 15 is 0 Å². The number of piperazine rings is 1. The number of anilines is 2. The van der Waals surface area contributed by atoms with Crippen LogP contribution in [0.15, 0.2) is 47.6 Å². The first kappa shape index (κ1) is 18.1. The second kappa shape index (κ2) is 8.09. The summed E-state index contributed by atoms with van der Waals surface area (Å²) >= 11 is 4.64. The van der Waals surface area contributed by atoms with Crippen molar-refractivity contribution in [3.8, 4) is 0 Å². The number of nitrogens with one attached hydrogen (secondary N) is 1. The fourth-order valence-electron chi connectivity index (χ4n) is 2.91. The lowest BCUT2D eigenvalue weighted by molar-refractivity contribution is 0.595. The van der Waals surface area contributed by atoms with E-state index in [9.17, 15) is 8.78 Å². The zero-order chi connectivity index (χ0) is 18.5. The lowest BCUT2D eigenvalue weighted by Gasteiger charge is -2.37. The minimum Gasteiger partial charge on any atom is -0.375 e. The van der Waals surface area contributed by atoms with Crippen LogP contribution in [0.3, 0.4) is 0 Å². The molecule has 0 aromatic heterocycles. The van der Waals surface area contributed by atoms with Gasteiger partial charge in [-0.3, -0.25) is 5.43 Å². The molecule has 3 rings (SSSR count). The number of hydrogen-bond acceptors (Lipinski definition) is 4. The van der Waals surface area contributed by atoms with Gasteiger partial charge in [0.25, 0.3) is 0 Å². The van der Waals surface area contributed by atoms with Gasteiger partial charge in [-0.15, -0.1) is 0 Å². The molecule has 0 amide bonds. The number of nitrogens with zero attached hydrogens (tertiary/aromatic N) is 3. The van der Waals surface area contributed by atoms with Gasteiger partial charge in [-0.1, -0.05) is 12.1 Å². The van der Waals surface area contributed by atoms with Crippen LogP contribution in [0.5, 0.6) is 0 Å². The van der Waals surface area contributed by atoms with Crippen molar-refractivity contribution >= 4 is 34.9 Å². The molecule has 0 saturated carbocycles. The van der Waals surface area contributed by atoms with Gasteiger partial charge in [0.2, 0.25) is 0 Å². The van der Waals surface area contributed by atoms with E-state index in [0.29, 0.717) is 37.4 Å². The Bertz CT molecular complexity index is 819. The summed E-state index contributed by atoms with van der Waals surface area (Å²) in [5.41, 5.74) is 9.70. The summed E-state index contributed by atoms with van der Waals surface area (Å²) in [5, 5.41) is 3.87. The van der Waals surface area contributed by atoms with Crippen LogP contribution < -0.4 is 21.0 Å². The molecule has 0 bridgehead atoms. The molecule has 2 aromatic rings. The predicted octanol–water partition coefficient (Wildman–Crippen LogP) is 2.46. The average molecular weight is 375 g/mol. The highest BCUT2D eigenvalue weighted by Gasteiger charge is 2.20. The van der Waals surface area contributed by atoms with Crippen molar-refractivity contribution in [3.63, 3.8) is 0 Å². The van der Waals surface area contributed by atoms with E-state index in [1.807, 2.05) is 11.0 Å².